The molecule has 9 nitrogen and oxygen atoms in total. The number of hydrogen-bond acceptors (Lipinski definition) is 7. The Hall–Kier alpha value is -1.82. The van der Waals surface area contributed by atoms with Gasteiger partial charge in [0.25, 0.3) is 0 Å². The third kappa shape index (κ3) is 14.4. The van der Waals surface area contributed by atoms with Crippen molar-refractivity contribution < 1.29 is 14.3 Å². The zero-order chi connectivity index (χ0) is 25.3. The predicted molar refractivity (Wildman–Crippen MR) is 151 cm³/mol. The maximum absolute atomic E-state index is 12.2. The van der Waals surface area contributed by atoms with Crippen molar-refractivity contribution in [2.45, 2.75) is 62.5 Å². The number of nitrogens with one attached hydrogen (secondary N) is 1. The van der Waals surface area contributed by atoms with Gasteiger partial charge in [-0.2, -0.15) is 25.3 Å². The van der Waals surface area contributed by atoms with E-state index in [1.165, 1.54) is 0 Å². The highest BCUT2D eigenvalue weighted by Crippen LogP contribution is 2.21. The maximum atomic E-state index is 12.2. The molecule has 2 atom stereocenters. The number of guanidine groups is 1. The molecule has 1 rings (SSSR count). The van der Waals surface area contributed by atoms with Gasteiger partial charge in [-0.3, -0.25) is 14.6 Å². The summed E-state index contributed by atoms with van der Waals surface area (Å²) in [4.78, 5) is 27.8. The number of aliphatic imine (C=N–C) groups is 1. The molecule has 12 heteroatoms. The van der Waals surface area contributed by atoms with Gasteiger partial charge in [-0.1, -0.05) is 25.3 Å². The Morgan fingerprint density at radius 1 is 0.971 bits per heavy atom. The molecule has 9 N–H and O–H groups in total. The Balaban J connectivity index is 0.0000116. The highest BCUT2D eigenvalue weighted by atomic mass is 35.5. The van der Waals surface area contributed by atoms with Crippen LogP contribution in [0.2, 0.25) is 0 Å². The van der Waals surface area contributed by atoms with Crippen LogP contribution in [0.25, 0.3) is 0 Å². The highest BCUT2D eigenvalue weighted by Gasteiger charge is 2.16. The fourth-order valence-electron chi connectivity index (χ4n) is 3.49. The number of hydrogen-bond donors (Lipinski definition) is 7. The molecule has 0 bridgehead atoms. The number of halogens is 1. The molecule has 0 aliphatic carbocycles. The van der Waals surface area contributed by atoms with Crippen LogP contribution in [0, 0.1) is 5.92 Å². The van der Waals surface area contributed by atoms with Crippen molar-refractivity contribution in [2.75, 3.05) is 19.7 Å². The second-order valence-electron chi connectivity index (χ2n) is 8.18. The topological polar surface area (TPSA) is 172 Å². The lowest BCUT2D eigenvalue weighted by Gasteiger charge is -2.15. The first-order valence-corrected chi connectivity index (χ1v) is 12.9. The number of rotatable bonds is 18. The Labute approximate surface area is 225 Å². The summed E-state index contributed by atoms with van der Waals surface area (Å²) in [6.07, 6.45) is 5.07. The van der Waals surface area contributed by atoms with Gasteiger partial charge in [0, 0.05) is 24.0 Å². The third-order valence-electron chi connectivity index (χ3n) is 5.50. The number of benzene rings is 1. The van der Waals surface area contributed by atoms with Gasteiger partial charge in [-0.25, -0.2) is 0 Å². The first kappa shape index (κ1) is 33.2. The van der Waals surface area contributed by atoms with Crippen LogP contribution in [0.3, 0.4) is 0 Å². The molecular weight excluding hydrogens is 508 g/mol. The van der Waals surface area contributed by atoms with E-state index in [1.807, 2.05) is 18.2 Å². The van der Waals surface area contributed by atoms with Gasteiger partial charge >= 0.3 is 0 Å². The molecule has 0 fully saturated rings. The molecule has 1 aromatic carbocycles. The van der Waals surface area contributed by atoms with E-state index in [9.17, 15) is 9.59 Å². The van der Waals surface area contributed by atoms with Crippen LogP contribution in [0.5, 0.6) is 5.75 Å². The van der Waals surface area contributed by atoms with E-state index in [1.54, 1.807) is 0 Å². The maximum Gasteiger partial charge on any atom is 0.237 e. The number of ether oxygens (including phenoxy) is 1. The van der Waals surface area contributed by atoms with Crippen LogP contribution in [-0.2, 0) is 21.1 Å². The van der Waals surface area contributed by atoms with Crippen LogP contribution >= 0.6 is 37.7 Å². The van der Waals surface area contributed by atoms with E-state index in [2.05, 4.69) is 35.6 Å². The van der Waals surface area contributed by atoms with Crippen molar-refractivity contribution in [3.63, 3.8) is 0 Å². The molecule has 35 heavy (non-hydrogen) atoms. The van der Waals surface area contributed by atoms with Crippen LogP contribution in [0.1, 0.15) is 56.1 Å². The van der Waals surface area contributed by atoms with E-state index in [0.29, 0.717) is 50.5 Å². The Bertz CT molecular complexity index is 797. The van der Waals surface area contributed by atoms with Crippen LogP contribution in [0.15, 0.2) is 23.2 Å². The summed E-state index contributed by atoms with van der Waals surface area (Å²) in [5.41, 5.74) is 24.3. The van der Waals surface area contributed by atoms with Gasteiger partial charge in [0.2, 0.25) is 11.8 Å². The van der Waals surface area contributed by atoms with Gasteiger partial charge < -0.3 is 33.0 Å². The molecule has 0 saturated heterocycles. The molecule has 200 valence electrons. The van der Waals surface area contributed by atoms with E-state index in [0.717, 1.165) is 42.6 Å². The molecule has 1 unspecified atom stereocenters. The number of nitrogens with zero attached hydrogens (tertiary/aromatic N) is 1. The largest absolute Gasteiger partial charge is 0.492 e. The molecule has 2 amide bonds. The van der Waals surface area contributed by atoms with Gasteiger partial charge in [0.1, 0.15) is 12.4 Å². The van der Waals surface area contributed by atoms with E-state index < -0.39 is 6.04 Å². The summed E-state index contributed by atoms with van der Waals surface area (Å²) in [6, 6.07) is 5.19. The number of carbonyl (C=O) groups is 2. The zero-order valence-corrected chi connectivity index (χ0v) is 22.8. The van der Waals surface area contributed by atoms with E-state index in [-0.39, 0.29) is 36.1 Å². The lowest BCUT2D eigenvalue weighted by molar-refractivity contribution is -0.123. The number of carbonyl (C=O) groups excluding carboxylic acids is 2. The monoisotopic (exact) mass is 548 g/mol. The Morgan fingerprint density at radius 2 is 1.60 bits per heavy atom. The van der Waals surface area contributed by atoms with Crippen molar-refractivity contribution in [3.8, 4) is 5.75 Å². The number of amides is 2. The minimum Gasteiger partial charge on any atom is -0.492 e. The molecule has 0 aliphatic rings. The standard InChI is InChI=1S/C23H40N6O3S2.ClH/c24-20(7-2-1-5-16(21(25)30)6-3-4-10-29-23(26)27)22(31)28-11-12-32-19-9-8-17(14-33)18(13-19)15-34;/h8-9,13,16,20,33-34H,1-7,10-12,14-15,24H2,(H2,25,30)(H,28,31)(H4,26,27,29);1H/t16?,20-;/m1./s1. The average molecular weight is 549 g/mol. The lowest BCUT2D eigenvalue weighted by Crippen LogP contribution is -2.42. The predicted octanol–water partition coefficient (Wildman–Crippen LogP) is 1.90. The van der Waals surface area contributed by atoms with Crippen molar-refractivity contribution in [3.05, 3.63) is 29.3 Å². The molecule has 0 aliphatic heterocycles. The van der Waals surface area contributed by atoms with Gasteiger partial charge in [-0.15, -0.1) is 12.4 Å². The van der Waals surface area contributed by atoms with Crippen molar-refractivity contribution in [1.82, 2.24) is 5.32 Å². The summed E-state index contributed by atoms with van der Waals surface area (Å²) in [5.74, 6) is 1.36. The Morgan fingerprint density at radius 3 is 2.20 bits per heavy atom. The number of primary amides is 1. The molecule has 0 radical (unpaired) electrons. The number of nitrogens with two attached hydrogens (primary N) is 4. The quantitative estimate of drug-likeness (QED) is 0.0638. The molecule has 1 aromatic rings. The van der Waals surface area contributed by atoms with Crippen LogP contribution < -0.4 is 33.0 Å². The summed E-state index contributed by atoms with van der Waals surface area (Å²) in [7, 11) is 0. The molecule has 0 spiro atoms. The van der Waals surface area contributed by atoms with E-state index in [4.69, 9.17) is 27.7 Å². The Kier molecular flexibility index (Phi) is 18.4. The van der Waals surface area contributed by atoms with Crippen molar-refractivity contribution in [1.29, 1.82) is 0 Å². The molecule has 0 saturated carbocycles. The van der Waals surface area contributed by atoms with Gasteiger partial charge in [-0.05, 0) is 48.9 Å². The first-order valence-electron chi connectivity index (χ1n) is 11.6. The second kappa shape index (κ2) is 19.4. The van der Waals surface area contributed by atoms with Crippen LogP contribution in [0.4, 0.5) is 0 Å². The van der Waals surface area contributed by atoms with Gasteiger partial charge in [0.15, 0.2) is 5.96 Å². The molecular formula is C23H41ClN6O3S2. The lowest BCUT2D eigenvalue weighted by atomic mass is 9.94. The van der Waals surface area contributed by atoms with Gasteiger partial charge in [0.05, 0.1) is 12.6 Å². The third-order valence-corrected chi connectivity index (χ3v) is 6.18. The highest BCUT2D eigenvalue weighted by molar-refractivity contribution is 7.79. The second-order valence-corrected chi connectivity index (χ2v) is 8.81. The molecule has 0 heterocycles. The smallest absolute Gasteiger partial charge is 0.237 e. The normalized spacial score (nSPS) is 12.2. The first-order chi connectivity index (χ1) is 16.3. The number of unbranched alkanes of at least 4 members (excludes halogenated alkanes) is 2. The van der Waals surface area contributed by atoms with Crippen molar-refractivity contribution >= 4 is 55.4 Å². The number of thiol groups is 2. The summed E-state index contributed by atoms with van der Waals surface area (Å²) in [5, 5.41) is 2.80. The van der Waals surface area contributed by atoms with E-state index >= 15 is 0 Å². The summed E-state index contributed by atoms with van der Waals surface area (Å²) in [6.45, 7) is 1.25. The zero-order valence-electron chi connectivity index (χ0n) is 20.2. The SMILES string of the molecule is Cl.NC(=O)C(CCCCN=C(N)N)CCCC[C@@H](N)C(=O)NCCOc1ccc(CS)c(CS)c1. The molecule has 0 aromatic heterocycles. The van der Waals surface area contributed by atoms with Crippen LogP contribution in [-0.4, -0.2) is 43.5 Å². The minimum atomic E-state index is -0.600. The fourth-order valence-corrected chi connectivity index (χ4v) is 4.10. The summed E-state index contributed by atoms with van der Waals surface area (Å²) >= 11 is 8.63. The van der Waals surface area contributed by atoms with Crippen molar-refractivity contribution in [2.24, 2.45) is 33.8 Å². The summed E-state index contributed by atoms with van der Waals surface area (Å²) < 4.78 is 5.71. The fraction of sp³-hybridized carbons (Fsp3) is 0.609. The minimum absolute atomic E-state index is 0. The average Bonchev–Trinajstić information content (AvgIpc) is 2.81.